The van der Waals surface area contributed by atoms with Gasteiger partial charge in [0.05, 0.1) is 7.11 Å². The molecular weight excluding hydrogens is 221 g/mol. The number of nitrogens with zero attached hydrogens (tertiary/aromatic N) is 1. The molecule has 0 aromatic carbocycles. The topological polar surface area (TPSA) is 65.2 Å². The highest BCUT2D eigenvalue weighted by Crippen LogP contribution is 2.37. The minimum absolute atomic E-state index is 0.206. The van der Waals surface area contributed by atoms with Crippen LogP contribution < -0.4 is 5.73 Å². The minimum Gasteiger partial charge on any atom is -0.464 e. The third-order valence-corrected chi connectivity index (χ3v) is 2.21. The molecule has 0 unspecified atom stereocenters. The first-order chi connectivity index (χ1) is 6.36. The second-order valence-electron chi connectivity index (χ2n) is 2.22. The number of nitrogen functional groups attached to an aromatic ring is 1. The van der Waals surface area contributed by atoms with E-state index in [0.29, 0.717) is 0 Å². The SMILES string of the molecule is COC(=O)c1nc(N)sc1C(F)(F)F. The Morgan fingerprint density at radius 1 is 1.57 bits per heavy atom. The molecule has 0 atom stereocenters. The van der Waals surface area contributed by atoms with E-state index in [1.165, 1.54) is 0 Å². The number of hydrogen-bond donors (Lipinski definition) is 1. The summed E-state index contributed by atoms with van der Waals surface area (Å²) in [5.74, 6) is -1.15. The van der Waals surface area contributed by atoms with Crippen LogP contribution in [-0.4, -0.2) is 18.1 Å². The molecule has 78 valence electrons. The van der Waals surface area contributed by atoms with Crippen molar-refractivity contribution in [3.05, 3.63) is 10.6 Å². The van der Waals surface area contributed by atoms with Crippen molar-refractivity contribution >= 4 is 22.4 Å². The highest BCUT2D eigenvalue weighted by molar-refractivity contribution is 7.15. The summed E-state index contributed by atoms with van der Waals surface area (Å²) >= 11 is 0.206. The predicted octanol–water partition coefficient (Wildman–Crippen LogP) is 1.53. The molecule has 0 amide bonds. The Balaban J connectivity index is 3.23. The number of hydrogen-bond acceptors (Lipinski definition) is 5. The molecule has 0 radical (unpaired) electrons. The molecule has 1 aromatic heterocycles. The van der Waals surface area contributed by atoms with Crippen LogP contribution in [0.25, 0.3) is 0 Å². The van der Waals surface area contributed by atoms with Crippen molar-refractivity contribution in [2.24, 2.45) is 0 Å². The third kappa shape index (κ3) is 1.95. The van der Waals surface area contributed by atoms with Gasteiger partial charge < -0.3 is 10.5 Å². The Bertz CT molecular complexity index is 360. The number of thiazole rings is 1. The third-order valence-electron chi connectivity index (χ3n) is 1.28. The molecule has 0 saturated carbocycles. The number of anilines is 1. The van der Waals surface area contributed by atoms with E-state index in [1.54, 1.807) is 0 Å². The highest BCUT2D eigenvalue weighted by atomic mass is 32.1. The summed E-state index contributed by atoms with van der Waals surface area (Å²) < 4.78 is 40.9. The van der Waals surface area contributed by atoms with E-state index in [-0.39, 0.29) is 16.5 Å². The van der Waals surface area contributed by atoms with Crippen LogP contribution in [0.5, 0.6) is 0 Å². The van der Waals surface area contributed by atoms with Gasteiger partial charge in [-0.15, -0.1) is 0 Å². The summed E-state index contributed by atoms with van der Waals surface area (Å²) in [6.45, 7) is 0. The van der Waals surface area contributed by atoms with Crippen LogP contribution in [0.15, 0.2) is 0 Å². The lowest BCUT2D eigenvalue weighted by Gasteiger charge is -2.03. The van der Waals surface area contributed by atoms with Gasteiger partial charge in [-0.3, -0.25) is 0 Å². The first kappa shape index (κ1) is 10.8. The largest absolute Gasteiger partial charge is 0.464 e. The first-order valence-electron chi connectivity index (χ1n) is 3.28. The van der Waals surface area contributed by atoms with Gasteiger partial charge in [0.25, 0.3) is 0 Å². The van der Waals surface area contributed by atoms with E-state index in [1.807, 2.05) is 0 Å². The van der Waals surface area contributed by atoms with E-state index in [9.17, 15) is 18.0 Å². The summed E-state index contributed by atoms with van der Waals surface area (Å²) in [5.41, 5.74) is 4.28. The van der Waals surface area contributed by atoms with E-state index in [2.05, 4.69) is 9.72 Å². The molecule has 14 heavy (non-hydrogen) atoms. The van der Waals surface area contributed by atoms with Crippen LogP contribution in [0.3, 0.4) is 0 Å². The molecule has 1 heterocycles. The van der Waals surface area contributed by atoms with Gasteiger partial charge in [-0.1, -0.05) is 11.3 Å². The van der Waals surface area contributed by atoms with E-state index in [4.69, 9.17) is 5.73 Å². The smallest absolute Gasteiger partial charge is 0.428 e. The number of halogens is 3. The fourth-order valence-corrected chi connectivity index (χ4v) is 1.45. The van der Waals surface area contributed by atoms with Crippen LogP contribution in [0.4, 0.5) is 18.3 Å². The van der Waals surface area contributed by atoms with Gasteiger partial charge in [0.1, 0.15) is 4.88 Å². The zero-order valence-corrected chi connectivity index (χ0v) is 7.70. The molecule has 8 heteroatoms. The quantitative estimate of drug-likeness (QED) is 0.737. The number of rotatable bonds is 1. The van der Waals surface area contributed by atoms with Gasteiger partial charge in [-0.05, 0) is 0 Å². The standard InChI is InChI=1S/C6H5F3N2O2S/c1-13-4(12)2-3(6(7,8)9)14-5(10)11-2/h1H3,(H2,10,11). The van der Waals surface area contributed by atoms with Crippen LogP contribution >= 0.6 is 11.3 Å². The zero-order chi connectivity index (χ0) is 10.9. The average molecular weight is 226 g/mol. The summed E-state index contributed by atoms with van der Waals surface area (Å²) in [5, 5.41) is -0.322. The fraction of sp³-hybridized carbons (Fsp3) is 0.333. The predicted molar refractivity (Wildman–Crippen MR) is 42.9 cm³/mol. The molecule has 1 aromatic rings. The van der Waals surface area contributed by atoms with Crippen molar-refractivity contribution in [2.45, 2.75) is 6.18 Å². The lowest BCUT2D eigenvalue weighted by atomic mass is 10.3. The normalized spacial score (nSPS) is 11.4. The van der Waals surface area contributed by atoms with E-state index < -0.39 is 22.7 Å². The Morgan fingerprint density at radius 3 is 2.57 bits per heavy atom. The number of carbonyl (C=O) groups excluding carboxylic acids is 1. The van der Waals surface area contributed by atoms with Crippen molar-refractivity contribution in [1.82, 2.24) is 4.98 Å². The maximum absolute atomic E-state index is 12.3. The zero-order valence-electron chi connectivity index (χ0n) is 6.88. The van der Waals surface area contributed by atoms with Crippen LogP contribution in [0.2, 0.25) is 0 Å². The van der Waals surface area contributed by atoms with Crippen molar-refractivity contribution < 1.29 is 22.7 Å². The second-order valence-corrected chi connectivity index (χ2v) is 3.25. The summed E-state index contributed by atoms with van der Waals surface area (Å²) in [7, 11) is 0.970. The molecule has 0 spiro atoms. The van der Waals surface area contributed by atoms with Crippen molar-refractivity contribution in [3.8, 4) is 0 Å². The molecule has 0 bridgehead atoms. The lowest BCUT2D eigenvalue weighted by molar-refractivity contribution is -0.135. The molecule has 2 N–H and O–H groups in total. The Labute approximate surface area is 80.5 Å². The fourth-order valence-electron chi connectivity index (χ4n) is 0.764. The van der Waals surface area contributed by atoms with Gasteiger partial charge in [0, 0.05) is 0 Å². The Kier molecular flexibility index (Phi) is 2.65. The number of nitrogens with two attached hydrogens (primary N) is 1. The van der Waals surface area contributed by atoms with Gasteiger partial charge in [0.2, 0.25) is 0 Å². The Hall–Kier alpha value is -1.31. The number of carbonyl (C=O) groups is 1. The molecule has 0 aliphatic carbocycles. The second kappa shape index (κ2) is 3.45. The molecular formula is C6H5F3N2O2S. The van der Waals surface area contributed by atoms with E-state index >= 15 is 0 Å². The Morgan fingerprint density at radius 2 is 2.14 bits per heavy atom. The van der Waals surface area contributed by atoms with Crippen molar-refractivity contribution in [3.63, 3.8) is 0 Å². The molecule has 4 nitrogen and oxygen atoms in total. The number of methoxy groups -OCH3 is 1. The summed E-state index contributed by atoms with van der Waals surface area (Å²) in [6, 6.07) is 0. The van der Waals surface area contributed by atoms with Crippen LogP contribution in [0, 0.1) is 0 Å². The molecule has 0 saturated heterocycles. The van der Waals surface area contributed by atoms with Crippen molar-refractivity contribution in [1.29, 1.82) is 0 Å². The number of ether oxygens (including phenoxy) is 1. The van der Waals surface area contributed by atoms with E-state index in [0.717, 1.165) is 7.11 Å². The molecule has 1 rings (SSSR count). The van der Waals surface area contributed by atoms with Gasteiger partial charge in [0.15, 0.2) is 10.8 Å². The highest BCUT2D eigenvalue weighted by Gasteiger charge is 2.39. The maximum Gasteiger partial charge on any atom is 0.428 e. The average Bonchev–Trinajstić information content (AvgIpc) is 2.45. The maximum atomic E-state index is 12.3. The van der Waals surface area contributed by atoms with Gasteiger partial charge in [-0.25, -0.2) is 9.78 Å². The first-order valence-corrected chi connectivity index (χ1v) is 4.09. The minimum atomic E-state index is -4.64. The molecule has 0 aliphatic rings. The van der Waals surface area contributed by atoms with Crippen molar-refractivity contribution in [2.75, 3.05) is 12.8 Å². The van der Waals surface area contributed by atoms with Crippen LogP contribution in [0.1, 0.15) is 15.4 Å². The summed E-state index contributed by atoms with van der Waals surface area (Å²) in [6.07, 6.45) is -4.64. The monoisotopic (exact) mass is 226 g/mol. The number of aromatic nitrogens is 1. The van der Waals surface area contributed by atoms with Crippen LogP contribution in [-0.2, 0) is 10.9 Å². The lowest BCUT2D eigenvalue weighted by Crippen LogP contribution is -2.11. The van der Waals surface area contributed by atoms with Gasteiger partial charge >= 0.3 is 12.1 Å². The number of esters is 1. The molecule has 0 aliphatic heterocycles. The molecule has 0 fully saturated rings. The summed E-state index contributed by atoms with van der Waals surface area (Å²) in [4.78, 5) is 13.0. The van der Waals surface area contributed by atoms with Gasteiger partial charge in [-0.2, -0.15) is 13.2 Å². The number of alkyl halides is 3.